The van der Waals surface area contributed by atoms with Gasteiger partial charge in [-0.15, -0.1) is 0 Å². The van der Waals surface area contributed by atoms with E-state index in [0.717, 1.165) is 6.54 Å². The number of nitrogens with zero attached hydrogens (tertiary/aromatic N) is 2. The molecule has 1 spiro atoms. The number of nitrogens with one attached hydrogen (secondary N) is 2. The van der Waals surface area contributed by atoms with Gasteiger partial charge in [0.25, 0.3) is 5.91 Å². The number of aliphatic carboxylic acids is 2. The fourth-order valence-electron chi connectivity index (χ4n) is 2.54. The van der Waals surface area contributed by atoms with Gasteiger partial charge in [-0.2, -0.15) is 0 Å². The molecule has 2 aliphatic heterocycles. The van der Waals surface area contributed by atoms with Gasteiger partial charge in [0.1, 0.15) is 5.60 Å². The third-order valence-electron chi connectivity index (χ3n) is 3.61. The van der Waals surface area contributed by atoms with Crippen LogP contribution in [0.15, 0.2) is 4.99 Å². The summed E-state index contributed by atoms with van der Waals surface area (Å²) in [5.41, 5.74) is -1.36. The molecule has 0 saturated carbocycles. The highest BCUT2D eigenvalue weighted by Crippen LogP contribution is 2.29. The Balaban J connectivity index is 0.000000527. The Morgan fingerprint density at radius 1 is 1.26 bits per heavy atom. The van der Waals surface area contributed by atoms with E-state index in [4.69, 9.17) is 24.5 Å². The molecule has 11 nitrogen and oxygen atoms in total. The first-order chi connectivity index (χ1) is 12.3. The molecule has 1 unspecified atom stereocenters. The highest BCUT2D eigenvalue weighted by Gasteiger charge is 2.51. The van der Waals surface area contributed by atoms with Gasteiger partial charge in [-0.05, 0) is 47.6 Å². The van der Waals surface area contributed by atoms with Gasteiger partial charge in [0.15, 0.2) is 5.54 Å². The summed E-state index contributed by atoms with van der Waals surface area (Å²) in [5.74, 6) is -3.42. The molecular weight excluding hydrogens is 360 g/mol. The number of ether oxygens (including phenoxy) is 1. The molecule has 2 rings (SSSR count). The van der Waals surface area contributed by atoms with E-state index in [1.165, 1.54) is 4.90 Å². The smallest absolute Gasteiger partial charge is 0.414 e. The van der Waals surface area contributed by atoms with E-state index in [1.54, 1.807) is 20.8 Å². The number of guanidine groups is 1. The Kier molecular flexibility index (Phi) is 6.90. The van der Waals surface area contributed by atoms with Crippen LogP contribution in [0.3, 0.4) is 0 Å². The molecule has 1 saturated heterocycles. The van der Waals surface area contributed by atoms with E-state index in [-0.39, 0.29) is 17.9 Å². The van der Waals surface area contributed by atoms with Gasteiger partial charge < -0.3 is 20.3 Å². The molecule has 4 N–H and O–H groups in total. The van der Waals surface area contributed by atoms with Crippen LogP contribution < -0.4 is 10.6 Å². The van der Waals surface area contributed by atoms with Crippen LogP contribution in [-0.4, -0.2) is 75.3 Å². The largest absolute Gasteiger partial charge is 0.473 e. The number of alkyl carbamates (subject to hydrolysis) is 1. The SMILES string of the molecule is CC(C)N1C(=O)C2(CCNC2)N=C1NC(=O)OC(C)(C)C.O=C(O)C(=O)O. The highest BCUT2D eigenvalue weighted by molar-refractivity contribution is 6.27. The Labute approximate surface area is 156 Å². The van der Waals surface area contributed by atoms with Crippen molar-refractivity contribution in [3.05, 3.63) is 0 Å². The van der Waals surface area contributed by atoms with Crippen LogP contribution in [0.1, 0.15) is 41.0 Å². The van der Waals surface area contributed by atoms with E-state index in [0.29, 0.717) is 13.0 Å². The van der Waals surface area contributed by atoms with Gasteiger partial charge in [0.05, 0.1) is 0 Å². The summed E-state index contributed by atoms with van der Waals surface area (Å²) in [5, 5.41) is 20.6. The number of amides is 2. The van der Waals surface area contributed by atoms with E-state index < -0.39 is 29.2 Å². The van der Waals surface area contributed by atoms with E-state index in [2.05, 4.69) is 15.6 Å². The van der Waals surface area contributed by atoms with E-state index >= 15 is 0 Å². The first-order valence-electron chi connectivity index (χ1n) is 8.39. The van der Waals surface area contributed by atoms with Crippen molar-refractivity contribution in [2.75, 3.05) is 13.1 Å². The number of carbonyl (C=O) groups is 4. The summed E-state index contributed by atoms with van der Waals surface area (Å²) in [6.07, 6.45) is 0.0527. The lowest BCUT2D eigenvalue weighted by Crippen LogP contribution is -2.51. The van der Waals surface area contributed by atoms with Gasteiger partial charge in [-0.25, -0.2) is 19.4 Å². The average Bonchev–Trinajstić information content (AvgIpc) is 3.04. The quantitative estimate of drug-likeness (QED) is 0.459. The fourth-order valence-corrected chi connectivity index (χ4v) is 2.54. The molecule has 0 aromatic heterocycles. The zero-order chi connectivity index (χ0) is 21.0. The van der Waals surface area contributed by atoms with Crippen molar-refractivity contribution in [3.63, 3.8) is 0 Å². The molecule has 1 atom stereocenters. The standard InChI is InChI=1S/C14H24N4O3.C2H2O4/c1-9(2)18-10(19)14(6-7-15-8-14)17-11(18)16-12(20)21-13(3,4)5;3-1(4)2(5)6/h9,15H,6-8H2,1-5H3,(H,16,17,20);(H,3,4)(H,5,6). The lowest BCUT2D eigenvalue weighted by molar-refractivity contribution is -0.159. The molecule has 27 heavy (non-hydrogen) atoms. The van der Waals surface area contributed by atoms with Crippen LogP contribution in [0.5, 0.6) is 0 Å². The van der Waals surface area contributed by atoms with Gasteiger partial charge in [-0.1, -0.05) is 0 Å². The van der Waals surface area contributed by atoms with Gasteiger partial charge in [-0.3, -0.25) is 15.0 Å². The van der Waals surface area contributed by atoms with Gasteiger partial charge in [0.2, 0.25) is 5.96 Å². The number of hydrogen-bond acceptors (Lipinski definition) is 7. The molecule has 2 heterocycles. The number of carbonyl (C=O) groups excluding carboxylic acids is 2. The van der Waals surface area contributed by atoms with Crippen molar-refractivity contribution in [1.29, 1.82) is 0 Å². The van der Waals surface area contributed by atoms with Crippen LogP contribution in [0.25, 0.3) is 0 Å². The summed E-state index contributed by atoms with van der Waals surface area (Å²) in [7, 11) is 0. The number of carboxylic acid groups (broad SMARTS) is 2. The predicted molar refractivity (Wildman–Crippen MR) is 94.3 cm³/mol. The topological polar surface area (TPSA) is 158 Å². The maximum Gasteiger partial charge on any atom is 0.414 e. The molecule has 0 radical (unpaired) electrons. The highest BCUT2D eigenvalue weighted by atomic mass is 16.6. The molecule has 1 fully saturated rings. The van der Waals surface area contributed by atoms with Crippen molar-refractivity contribution in [2.45, 2.75) is 58.2 Å². The van der Waals surface area contributed by atoms with Crippen molar-refractivity contribution in [2.24, 2.45) is 4.99 Å². The van der Waals surface area contributed by atoms with Crippen LogP contribution in [0.4, 0.5) is 4.79 Å². The Morgan fingerprint density at radius 3 is 2.19 bits per heavy atom. The normalized spacial score (nSPS) is 21.6. The van der Waals surface area contributed by atoms with Gasteiger partial charge in [0, 0.05) is 12.6 Å². The van der Waals surface area contributed by atoms with Crippen molar-refractivity contribution >= 4 is 29.9 Å². The fraction of sp³-hybridized carbons (Fsp3) is 0.688. The maximum absolute atomic E-state index is 12.6. The Bertz CT molecular complexity index is 634. The molecule has 0 aromatic rings. The van der Waals surface area contributed by atoms with E-state index in [9.17, 15) is 9.59 Å². The number of rotatable bonds is 1. The predicted octanol–water partition coefficient (Wildman–Crippen LogP) is 0.00540. The number of hydrogen-bond donors (Lipinski definition) is 4. The summed E-state index contributed by atoms with van der Waals surface area (Å²) in [6.45, 7) is 10.4. The minimum atomic E-state index is -1.82. The second-order valence-electron chi connectivity index (χ2n) is 7.40. The van der Waals surface area contributed by atoms with Crippen molar-refractivity contribution in [3.8, 4) is 0 Å². The second-order valence-corrected chi connectivity index (χ2v) is 7.40. The van der Waals surface area contributed by atoms with Crippen LogP contribution in [-0.2, 0) is 19.1 Å². The molecule has 0 aromatic carbocycles. The third-order valence-corrected chi connectivity index (χ3v) is 3.61. The Hall–Kier alpha value is -2.69. The summed E-state index contributed by atoms with van der Waals surface area (Å²) >= 11 is 0. The summed E-state index contributed by atoms with van der Waals surface area (Å²) in [4.78, 5) is 48.8. The second kappa shape index (κ2) is 8.33. The zero-order valence-electron chi connectivity index (χ0n) is 16.0. The molecule has 0 aliphatic carbocycles. The monoisotopic (exact) mass is 386 g/mol. The number of aliphatic imine (C=N–C) groups is 1. The number of carboxylic acids is 2. The lowest BCUT2D eigenvalue weighted by Gasteiger charge is -2.26. The van der Waals surface area contributed by atoms with E-state index in [1.807, 2.05) is 13.8 Å². The van der Waals surface area contributed by atoms with Gasteiger partial charge >= 0.3 is 18.0 Å². The average molecular weight is 386 g/mol. The Morgan fingerprint density at radius 2 is 1.81 bits per heavy atom. The van der Waals surface area contributed by atoms with Crippen LogP contribution >= 0.6 is 0 Å². The maximum atomic E-state index is 12.6. The molecule has 0 bridgehead atoms. The minimum Gasteiger partial charge on any atom is -0.473 e. The molecule has 2 aliphatic rings. The molecule has 11 heteroatoms. The summed E-state index contributed by atoms with van der Waals surface area (Å²) in [6, 6.07) is -0.0776. The first kappa shape index (κ1) is 22.4. The minimum absolute atomic E-state index is 0.0615. The third kappa shape index (κ3) is 5.91. The van der Waals surface area contributed by atoms with Crippen LogP contribution in [0.2, 0.25) is 0 Å². The molecule has 152 valence electrons. The first-order valence-corrected chi connectivity index (χ1v) is 8.39. The van der Waals surface area contributed by atoms with Crippen molar-refractivity contribution < 1.29 is 34.1 Å². The zero-order valence-corrected chi connectivity index (χ0v) is 16.0. The molecular formula is C16H26N4O7. The van der Waals surface area contributed by atoms with Crippen LogP contribution in [0, 0.1) is 0 Å². The molecule has 2 amide bonds. The summed E-state index contributed by atoms with van der Waals surface area (Å²) < 4.78 is 5.23. The van der Waals surface area contributed by atoms with Crippen molar-refractivity contribution in [1.82, 2.24) is 15.5 Å². The lowest BCUT2D eigenvalue weighted by atomic mass is 9.99.